The van der Waals surface area contributed by atoms with Crippen molar-refractivity contribution in [1.82, 2.24) is 4.98 Å². The summed E-state index contributed by atoms with van der Waals surface area (Å²) in [5.74, 6) is 0.814. The molecule has 0 fully saturated rings. The van der Waals surface area contributed by atoms with E-state index in [0.29, 0.717) is 11.6 Å². The molecule has 0 saturated carbocycles. The highest BCUT2D eigenvalue weighted by atomic mass is 19.1. The first-order chi connectivity index (χ1) is 6.16. The molecular formula is C10H10FNO. The zero-order valence-electron chi connectivity index (χ0n) is 7.54. The fraction of sp³-hybridized carbons (Fsp3) is 0.300. The van der Waals surface area contributed by atoms with Gasteiger partial charge in [-0.05, 0) is 12.1 Å². The molecule has 2 heterocycles. The van der Waals surface area contributed by atoms with Crippen LogP contribution < -0.4 is 0 Å². The number of nitrogens with zero attached hydrogens (tertiary/aromatic N) is 1. The highest BCUT2D eigenvalue weighted by molar-refractivity contribution is 5.73. The molecule has 0 aliphatic carbocycles. The van der Waals surface area contributed by atoms with Crippen molar-refractivity contribution in [3.8, 4) is 0 Å². The fourth-order valence-electron chi connectivity index (χ4n) is 1.21. The Morgan fingerprint density at radius 2 is 2.15 bits per heavy atom. The van der Waals surface area contributed by atoms with Crippen molar-refractivity contribution in [3.63, 3.8) is 0 Å². The monoisotopic (exact) mass is 179 g/mol. The summed E-state index contributed by atoms with van der Waals surface area (Å²) in [6.07, 6.45) is 1.16. The van der Waals surface area contributed by atoms with E-state index in [0.717, 1.165) is 17.3 Å². The maximum atomic E-state index is 12.7. The van der Waals surface area contributed by atoms with Gasteiger partial charge in [-0.3, -0.25) is 0 Å². The first-order valence-electron chi connectivity index (χ1n) is 4.22. The van der Waals surface area contributed by atoms with E-state index in [1.807, 2.05) is 19.9 Å². The van der Waals surface area contributed by atoms with Gasteiger partial charge in [0.25, 0.3) is 0 Å². The van der Waals surface area contributed by atoms with E-state index in [4.69, 9.17) is 4.42 Å². The number of fused-ring (bicyclic) bond motifs is 1. The van der Waals surface area contributed by atoms with Crippen LogP contribution in [0.3, 0.4) is 0 Å². The highest BCUT2D eigenvalue weighted by Crippen LogP contribution is 2.23. The third kappa shape index (κ3) is 1.41. The third-order valence-electron chi connectivity index (χ3n) is 1.93. The average Bonchev–Trinajstić information content (AvgIpc) is 2.46. The zero-order chi connectivity index (χ0) is 9.42. The second-order valence-electron chi connectivity index (χ2n) is 3.35. The largest absolute Gasteiger partial charge is 0.443 e. The Bertz CT molecular complexity index is 433. The summed E-state index contributed by atoms with van der Waals surface area (Å²) < 4.78 is 18.1. The minimum atomic E-state index is -0.330. The van der Waals surface area contributed by atoms with Crippen LogP contribution in [0.2, 0.25) is 0 Å². The van der Waals surface area contributed by atoms with Gasteiger partial charge >= 0.3 is 0 Å². The van der Waals surface area contributed by atoms with Crippen LogP contribution in [-0.4, -0.2) is 4.98 Å². The predicted octanol–water partition coefficient (Wildman–Crippen LogP) is 3.09. The van der Waals surface area contributed by atoms with Gasteiger partial charge in [-0.15, -0.1) is 0 Å². The summed E-state index contributed by atoms with van der Waals surface area (Å²) in [6, 6.07) is 3.26. The van der Waals surface area contributed by atoms with Crippen LogP contribution in [-0.2, 0) is 0 Å². The van der Waals surface area contributed by atoms with Crippen LogP contribution in [0, 0.1) is 5.82 Å². The lowest BCUT2D eigenvalue weighted by molar-refractivity contribution is 0.512. The van der Waals surface area contributed by atoms with Gasteiger partial charge in [-0.25, -0.2) is 9.37 Å². The van der Waals surface area contributed by atoms with E-state index >= 15 is 0 Å². The number of furan rings is 1. The molecule has 0 radical (unpaired) electrons. The van der Waals surface area contributed by atoms with Gasteiger partial charge in [-0.1, -0.05) is 13.8 Å². The summed E-state index contributed by atoms with van der Waals surface area (Å²) in [7, 11) is 0. The molecule has 3 heteroatoms. The lowest BCUT2D eigenvalue weighted by Crippen LogP contribution is -1.79. The number of aromatic nitrogens is 1. The Hall–Kier alpha value is -1.38. The van der Waals surface area contributed by atoms with E-state index in [1.165, 1.54) is 6.07 Å². The van der Waals surface area contributed by atoms with Crippen molar-refractivity contribution < 1.29 is 8.81 Å². The summed E-state index contributed by atoms with van der Waals surface area (Å²) in [6.45, 7) is 4.04. The van der Waals surface area contributed by atoms with Crippen molar-refractivity contribution in [3.05, 3.63) is 29.9 Å². The normalized spacial score (nSPS) is 11.4. The van der Waals surface area contributed by atoms with E-state index in [9.17, 15) is 4.39 Å². The molecule has 0 aliphatic heterocycles. The van der Waals surface area contributed by atoms with Crippen LogP contribution in [0.1, 0.15) is 25.5 Å². The van der Waals surface area contributed by atoms with Gasteiger partial charge in [0.2, 0.25) is 5.71 Å². The Kier molecular flexibility index (Phi) is 1.79. The molecule has 68 valence electrons. The predicted molar refractivity (Wildman–Crippen MR) is 48.1 cm³/mol. The number of rotatable bonds is 1. The SMILES string of the molecule is CC(C)c1cc2cc(F)cnc2o1. The zero-order valence-corrected chi connectivity index (χ0v) is 7.54. The van der Waals surface area contributed by atoms with Crippen molar-refractivity contribution in [2.24, 2.45) is 0 Å². The number of halogens is 1. The van der Waals surface area contributed by atoms with Crippen LogP contribution in [0.4, 0.5) is 4.39 Å². The molecule has 0 atom stereocenters. The standard InChI is InChI=1S/C10H10FNO/c1-6(2)9-4-7-3-8(11)5-12-10(7)13-9/h3-6H,1-2H3. The van der Waals surface area contributed by atoms with Crippen molar-refractivity contribution in [1.29, 1.82) is 0 Å². The second kappa shape index (κ2) is 2.83. The summed E-state index contributed by atoms with van der Waals surface area (Å²) in [5, 5.41) is 0.726. The summed E-state index contributed by atoms with van der Waals surface area (Å²) in [5.41, 5.74) is 0.505. The van der Waals surface area contributed by atoms with Gasteiger partial charge in [0.05, 0.1) is 6.20 Å². The maximum Gasteiger partial charge on any atom is 0.226 e. The van der Waals surface area contributed by atoms with Crippen LogP contribution in [0.15, 0.2) is 22.7 Å². The molecule has 0 N–H and O–H groups in total. The molecular weight excluding hydrogens is 169 g/mol. The Morgan fingerprint density at radius 3 is 2.85 bits per heavy atom. The van der Waals surface area contributed by atoms with Crippen molar-refractivity contribution in [2.45, 2.75) is 19.8 Å². The van der Waals surface area contributed by atoms with Gasteiger partial charge in [0.1, 0.15) is 11.6 Å². The minimum absolute atomic E-state index is 0.303. The molecule has 0 bridgehead atoms. The second-order valence-corrected chi connectivity index (χ2v) is 3.35. The Balaban J connectivity index is 2.62. The molecule has 0 spiro atoms. The van der Waals surface area contributed by atoms with Gasteiger partial charge in [-0.2, -0.15) is 0 Å². The van der Waals surface area contributed by atoms with Crippen molar-refractivity contribution in [2.75, 3.05) is 0 Å². The van der Waals surface area contributed by atoms with E-state index in [-0.39, 0.29) is 5.82 Å². The topological polar surface area (TPSA) is 26.0 Å². The van der Waals surface area contributed by atoms with Crippen LogP contribution in [0.25, 0.3) is 11.1 Å². The molecule has 0 saturated heterocycles. The molecule has 2 aromatic heterocycles. The fourth-order valence-corrected chi connectivity index (χ4v) is 1.21. The van der Waals surface area contributed by atoms with Gasteiger partial charge in [0.15, 0.2) is 0 Å². The number of hydrogen-bond acceptors (Lipinski definition) is 2. The first kappa shape index (κ1) is 8.23. The Labute approximate surface area is 75.4 Å². The van der Waals surface area contributed by atoms with Crippen LogP contribution in [0.5, 0.6) is 0 Å². The van der Waals surface area contributed by atoms with E-state index in [1.54, 1.807) is 0 Å². The molecule has 2 rings (SSSR count). The molecule has 0 aliphatic rings. The van der Waals surface area contributed by atoms with E-state index < -0.39 is 0 Å². The van der Waals surface area contributed by atoms with Crippen molar-refractivity contribution >= 4 is 11.1 Å². The number of hydrogen-bond donors (Lipinski definition) is 0. The molecule has 2 aromatic rings. The van der Waals surface area contributed by atoms with Gasteiger partial charge < -0.3 is 4.42 Å². The molecule has 2 nitrogen and oxygen atoms in total. The summed E-state index contributed by atoms with van der Waals surface area (Å²) >= 11 is 0. The molecule has 0 aromatic carbocycles. The summed E-state index contributed by atoms with van der Waals surface area (Å²) in [4.78, 5) is 3.84. The molecule has 0 unspecified atom stereocenters. The highest BCUT2D eigenvalue weighted by Gasteiger charge is 2.08. The first-order valence-corrected chi connectivity index (χ1v) is 4.22. The number of pyridine rings is 1. The van der Waals surface area contributed by atoms with Gasteiger partial charge in [0, 0.05) is 11.3 Å². The quantitative estimate of drug-likeness (QED) is 0.672. The lowest BCUT2D eigenvalue weighted by atomic mass is 10.1. The van der Waals surface area contributed by atoms with E-state index in [2.05, 4.69) is 4.98 Å². The Morgan fingerprint density at radius 1 is 1.38 bits per heavy atom. The molecule has 13 heavy (non-hydrogen) atoms. The third-order valence-corrected chi connectivity index (χ3v) is 1.93. The smallest absolute Gasteiger partial charge is 0.226 e. The minimum Gasteiger partial charge on any atom is -0.443 e. The molecule has 0 amide bonds. The van der Waals surface area contributed by atoms with Crippen LogP contribution >= 0.6 is 0 Å². The lowest BCUT2D eigenvalue weighted by Gasteiger charge is -1.95. The average molecular weight is 179 g/mol. The maximum absolute atomic E-state index is 12.7.